The summed E-state index contributed by atoms with van der Waals surface area (Å²) in [6, 6.07) is 6.55. The van der Waals surface area contributed by atoms with Gasteiger partial charge in [-0.2, -0.15) is 0 Å². The van der Waals surface area contributed by atoms with Crippen molar-refractivity contribution in [1.82, 2.24) is 0 Å². The minimum Gasteiger partial charge on any atom is -0.399 e. The van der Waals surface area contributed by atoms with Crippen LogP contribution in [0, 0.1) is 0 Å². The van der Waals surface area contributed by atoms with Gasteiger partial charge in [-0.3, -0.25) is 0 Å². The molecule has 0 unspecified atom stereocenters. The lowest BCUT2D eigenvalue weighted by Crippen LogP contribution is -2.24. The first kappa shape index (κ1) is 13.5. The summed E-state index contributed by atoms with van der Waals surface area (Å²) in [4.78, 5) is 0. The van der Waals surface area contributed by atoms with E-state index in [1.54, 1.807) is 24.3 Å². The van der Waals surface area contributed by atoms with Gasteiger partial charge in [-0.25, -0.2) is 8.42 Å². The molecule has 0 aliphatic carbocycles. The fourth-order valence-electron chi connectivity index (χ4n) is 1.25. The molecule has 2 atom stereocenters. The Morgan fingerprint density at radius 3 is 2.62 bits per heavy atom. The largest absolute Gasteiger partial charge is 0.399 e. The molecule has 16 heavy (non-hydrogen) atoms. The van der Waals surface area contributed by atoms with Crippen molar-refractivity contribution in [2.45, 2.75) is 17.2 Å². The molecule has 0 amide bonds. The van der Waals surface area contributed by atoms with Crippen LogP contribution in [0.3, 0.4) is 0 Å². The summed E-state index contributed by atoms with van der Waals surface area (Å²) in [6.07, 6.45) is -1.12. The number of hydrogen-bond donors (Lipinski definition) is 2. The standard InChI is InChI=1S/C10H14BrNO3S/c1-2-16(14,15)10(11)9(13)7-4-3-5-8(12)6-7/h3-6,9-10,13H,2,12H2,1H3/t9-,10-/m1/s1. The van der Waals surface area contributed by atoms with Gasteiger partial charge in [-0.15, -0.1) is 0 Å². The van der Waals surface area contributed by atoms with E-state index in [1.807, 2.05) is 0 Å². The maximum absolute atomic E-state index is 11.6. The Morgan fingerprint density at radius 1 is 1.50 bits per heavy atom. The summed E-state index contributed by atoms with van der Waals surface area (Å²) in [7, 11) is -3.33. The lowest BCUT2D eigenvalue weighted by Gasteiger charge is -2.17. The normalized spacial score (nSPS) is 15.7. The molecule has 0 heterocycles. The third kappa shape index (κ3) is 2.96. The van der Waals surface area contributed by atoms with Crippen molar-refractivity contribution in [3.8, 4) is 0 Å². The summed E-state index contributed by atoms with van der Waals surface area (Å²) in [5.41, 5.74) is 6.54. The third-order valence-electron chi connectivity index (χ3n) is 2.25. The molecule has 0 fully saturated rings. The van der Waals surface area contributed by atoms with Crippen molar-refractivity contribution in [3.05, 3.63) is 29.8 Å². The third-order valence-corrected chi connectivity index (χ3v) is 6.20. The molecule has 1 aromatic carbocycles. The van der Waals surface area contributed by atoms with Crippen LogP contribution in [0.25, 0.3) is 0 Å². The van der Waals surface area contributed by atoms with E-state index in [1.165, 1.54) is 6.92 Å². The molecule has 0 saturated heterocycles. The number of alkyl halides is 1. The lowest BCUT2D eigenvalue weighted by molar-refractivity contribution is 0.195. The number of aliphatic hydroxyl groups is 1. The fourth-order valence-corrected chi connectivity index (χ4v) is 3.22. The molecule has 1 rings (SSSR count). The molecule has 0 saturated carbocycles. The van der Waals surface area contributed by atoms with Crippen molar-refractivity contribution in [2.75, 3.05) is 11.5 Å². The number of nitrogens with two attached hydrogens (primary N) is 1. The highest BCUT2D eigenvalue weighted by molar-refractivity contribution is 9.11. The second-order valence-corrected chi connectivity index (χ2v) is 7.42. The molecule has 0 aliphatic rings. The maximum atomic E-state index is 11.6. The van der Waals surface area contributed by atoms with Crippen LogP contribution in [0.15, 0.2) is 24.3 Å². The molecule has 4 nitrogen and oxygen atoms in total. The molecule has 3 N–H and O–H groups in total. The monoisotopic (exact) mass is 307 g/mol. The molecule has 1 aromatic rings. The summed E-state index contributed by atoms with van der Waals surface area (Å²) in [5, 5.41) is 9.90. The van der Waals surface area contributed by atoms with Crippen LogP contribution in [0.5, 0.6) is 0 Å². The summed E-state index contributed by atoms with van der Waals surface area (Å²) in [5.74, 6) is -0.0255. The van der Waals surface area contributed by atoms with Crippen LogP contribution >= 0.6 is 15.9 Å². The number of benzene rings is 1. The lowest BCUT2D eigenvalue weighted by atomic mass is 10.1. The van der Waals surface area contributed by atoms with E-state index in [0.717, 1.165) is 0 Å². The Bertz CT molecular complexity index is 461. The molecule has 0 radical (unpaired) electrons. The molecule has 0 aliphatic heterocycles. The first-order chi connectivity index (χ1) is 7.38. The average molecular weight is 308 g/mol. The van der Waals surface area contributed by atoms with E-state index in [4.69, 9.17) is 5.73 Å². The number of rotatable bonds is 4. The molecular formula is C10H14BrNO3S. The molecule has 6 heteroatoms. The topological polar surface area (TPSA) is 80.4 Å². The Morgan fingerprint density at radius 2 is 2.12 bits per heavy atom. The molecular weight excluding hydrogens is 294 g/mol. The van der Waals surface area contributed by atoms with Gasteiger partial charge in [0.25, 0.3) is 0 Å². The zero-order chi connectivity index (χ0) is 12.3. The van der Waals surface area contributed by atoms with E-state index < -0.39 is 20.1 Å². The summed E-state index contributed by atoms with van der Waals surface area (Å²) < 4.78 is 22.1. The van der Waals surface area contributed by atoms with E-state index in [0.29, 0.717) is 11.3 Å². The SMILES string of the molecule is CCS(=O)(=O)[C@@H](Br)[C@H](O)c1cccc(N)c1. The summed E-state index contributed by atoms with van der Waals surface area (Å²) in [6.45, 7) is 1.54. The minimum atomic E-state index is -3.33. The highest BCUT2D eigenvalue weighted by Crippen LogP contribution is 2.28. The van der Waals surface area contributed by atoms with Crippen LogP contribution in [-0.2, 0) is 9.84 Å². The Kier molecular flexibility index (Phi) is 4.35. The maximum Gasteiger partial charge on any atom is 0.165 e. The van der Waals surface area contributed by atoms with Gasteiger partial charge in [0.05, 0.1) is 0 Å². The van der Waals surface area contributed by atoms with Crippen molar-refractivity contribution in [1.29, 1.82) is 0 Å². The van der Waals surface area contributed by atoms with Gasteiger partial charge in [0.15, 0.2) is 9.84 Å². The number of anilines is 1. The van der Waals surface area contributed by atoms with E-state index in [9.17, 15) is 13.5 Å². The molecule has 90 valence electrons. The van der Waals surface area contributed by atoms with Gasteiger partial charge in [0.2, 0.25) is 0 Å². The van der Waals surface area contributed by atoms with Crippen LogP contribution in [0.1, 0.15) is 18.6 Å². The predicted octanol–water partition coefficient (Wildman–Crippen LogP) is 1.46. The van der Waals surface area contributed by atoms with Crippen molar-refractivity contribution in [3.63, 3.8) is 0 Å². The number of aliphatic hydroxyl groups excluding tert-OH is 1. The van der Waals surface area contributed by atoms with Crippen LogP contribution in [0.4, 0.5) is 5.69 Å². The highest BCUT2D eigenvalue weighted by atomic mass is 79.9. The van der Waals surface area contributed by atoms with E-state index in [2.05, 4.69) is 15.9 Å². The van der Waals surface area contributed by atoms with Crippen molar-refractivity contribution in [2.24, 2.45) is 0 Å². The first-order valence-corrected chi connectivity index (χ1v) is 7.40. The van der Waals surface area contributed by atoms with Gasteiger partial charge in [-0.05, 0) is 17.7 Å². The number of nitrogen functional groups attached to an aromatic ring is 1. The summed E-state index contributed by atoms with van der Waals surface area (Å²) >= 11 is 3.01. The zero-order valence-electron chi connectivity index (χ0n) is 8.80. The van der Waals surface area contributed by atoms with Gasteiger partial charge in [-0.1, -0.05) is 35.0 Å². The van der Waals surface area contributed by atoms with Gasteiger partial charge in [0.1, 0.15) is 10.3 Å². The molecule has 0 aromatic heterocycles. The van der Waals surface area contributed by atoms with E-state index in [-0.39, 0.29) is 5.75 Å². The number of sulfone groups is 1. The molecule has 0 bridgehead atoms. The Hall–Kier alpha value is -0.590. The number of hydrogen-bond acceptors (Lipinski definition) is 4. The molecule has 0 spiro atoms. The van der Waals surface area contributed by atoms with E-state index >= 15 is 0 Å². The van der Waals surface area contributed by atoms with Crippen LogP contribution in [-0.4, -0.2) is 23.4 Å². The average Bonchev–Trinajstić information content (AvgIpc) is 2.27. The smallest absolute Gasteiger partial charge is 0.165 e. The Labute approximate surface area is 104 Å². The van der Waals surface area contributed by atoms with Crippen LogP contribution < -0.4 is 5.73 Å². The minimum absolute atomic E-state index is 0.0255. The fraction of sp³-hybridized carbons (Fsp3) is 0.400. The second-order valence-electron chi connectivity index (χ2n) is 3.42. The second kappa shape index (κ2) is 5.16. The predicted molar refractivity (Wildman–Crippen MR) is 68.0 cm³/mol. The Balaban J connectivity index is 2.99. The number of halogens is 1. The van der Waals surface area contributed by atoms with Gasteiger partial charge in [0, 0.05) is 11.4 Å². The van der Waals surface area contributed by atoms with Crippen LogP contribution in [0.2, 0.25) is 0 Å². The first-order valence-electron chi connectivity index (χ1n) is 4.77. The van der Waals surface area contributed by atoms with Crippen molar-refractivity contribution >= 4 is 31.5 Å². The van der Waals surface area contributed by atoms with Crippen molar-refractivity contribution < 1.29 is 13.5 Å². The quantitative estimate of drug-likeness (QED) is 0.652. The zero-order valence-corrected chi connectivity index (χ0v) is 11.2. The van der Waals surface area contributed by atoms with Gasteiger partial charge >= 0.3 is 0 Å². The highest BCUT2D eigenvalue weighted by Gasteiger charge is 2.29. The van der Waals surface area contributed by atoms with Gasteiger partial charge < -0.3 is 10.8 Å².